The molecule has 5 nitrogen and oxygen atoms in total. The van der Waals surface area contributed by atoms with Gasteiger partial charge in [0.15, 0.2) is 0 Å². The first-order valence-electron chi connectivity index (χ1n) is 4.88. The summed E-state index contributed by atoms with van der Waals surface area (Å²) in [6.07, 6.45) is 5.10. The van der Waals surface area contributed by atoms with Crippen molar-refractivity contribution >= 4 is 5.95 Å². The third-order valence-electron chi connectivity index (χ3n) is 2.64. The van der Waals surface area contributed by atoms with Crippen LogP contribution in [-0.4, -0.2) is 33.2 Å². The van der Waals surface area contributed by atoms with E-state index < -0.39 is 0 Å². The molecular formula is C8H15N5. The third kappa shape index (κ3) is 1.79. The van der Waals surface area contributed by atoms with Crippen molar-refractivity contribution < 1.29 is 0 Å². The van der Waals surface area contributed by atoms with Crippen LogP contribution in [0.15, 0.2) is 0 Å². The lowest BCUT2D eigenvalue weighted by Crippen LogP contribution is -2.33. The molecule has 1 atom stereocenters. The summed E-state index contributed by atoms with van der Waals surface area (Å²) in [5.41, 5.74) is 0. The highest BCUT2D eigenvalue weighted by molar-refractivity contribution is 5.27. The number of nitrogens with zero attached hydrogens (tertiary/aromatic N) is 4. The Hall–Kier alpha value is -1.13. The zero-order valence-corrected chi connectivity index (χ0v) is 7.90. The number of H-pyrrole nitrogens is 1. The molecular weight excluding hydrogens is 166 g/mol. The number of nitrogens with one attached hydrogen (secondary N) is 1. The highest BCUT2D eigenvalue weighted by Gasteiger charge is 2.19. The molecule has 13 heavy (non-hydrogen) atoms. The summed E-state index contributed by atoms with van der Waals surface area (Å²) in [5.74, 6) is 0.745. The van der Waals surface area contributed by atoms with E-state index in [0.717, 1.165) is 12.5 Å². The van der Waals surface area contributed by atoms with E-state index >= 15 is 0 Å². The molecule has 0 spiro atoms. The van der Waals surface area contributed by atoms with Gasteiger partial charge in [0.1, 0.15) is 0 Å². The zero-order chi connectivity index (χ0) is 9.10. The number of aromatic amines is 1. The van der Waals surface area contributed by atoms with Crippen molar-refractivity contribution in [2.75, 3.05) is 11.4 Å². The molecule has 0 amide bonds. The molecule has 1 aliphatic heterocycles. The van der Waals surface area contributed by atoms with Crippen LogP contribution in [0.3, 0.4) is 0 Å². The molecule has 2 heterocycles. The van der Waals surface area contributed by atoms with Gasteiger partial charge in [-0.1, -0.05) is 17.9 Å². The smallest absolute Gasteiger partial charge is 0.266 e. The minimum absolute atomic E-state index is 0.542. The highest BCUT2D eigenvalue weighted by atomic mass is 15.5. The average Bonchev–Trinajstić information content (AvgIpc) is 2.56. The normalized spacial score (nSPS) is 24.4. The van der Waals surface area contributed by atoms with E-state index in [2.05, 4.69) is 32.4 Å². The molecule has 0 radical (unpaired) electrons. The van der Waals surface area contributed by atoms with Crippen LogP contribution >= 0.6 is 0 Å². The molecule has 2 rings (SSSR count). The molecule has 1 unspecified atom stereocenters. The molecule has 0 saturated carbocycles. The predicted octanol–water partition coefficient (Wildman–Crippen LogP) is 0.969. The second kappa shape index (κ2) is 3.72. The Bertz CT molecular complexity index is 245. The molecule has 0 aliphatic carbocycles. The summed E-state index contributed by atoms with van der Waals surface area (Å²) < 4.78 is 0. The highest BCUT2D eigenvalue weighted by Crippen LogP contribution is 2.19. The maximum absolute atomic E-state index is 4.01. The van der Waals surface area contributed by atoms with Crippen LogP contribution in [0.4, 0.5) is 5.95 Å². The van der Waals surface area contributed by atoms with Crippen LogP contribution in [-0.2, 0) is 0 Å². The fraction of sp³-hybridized carbons (Fsp3) is 0.875. The van der Waals surface area contributed by atoms with Crippen LogP contribution in [0.5, 0.6) is 0 Å². The fourth-order valence-electron chi connectivity index (χ4n) is 1.85. The first-order chi connectivity index (χ1) is 6.38. The molecule has 1 aromatic rings. The average molecular weight is 181 g/mol. The predicted molar refractivity (Wildman–Crippen MR) is 49.5 cm³/mol. The molecule has 0 bridgehead atoms. The number of rotatable bonds is 1. The third-order valence-corrected chi connectivity index (χ3v) is 2.64. The van der Waals surface area contributed by atoms with Crippen molar-refractivity contribution in [1.29, 1.82) is 0 Å². The number of hydrogen-bond acceptors (Lipinski definition) is 4. The Balaban J connectivity index is 2.11. The van der Waals surface area contributed by atoms with Gasteiger partial charge in [-0.3, -0.25) is 0 Å². The molecule has 1 saturated heterocycles. The van der Waals surface area contributed by atoms with Crippen LogP contribution < -0.4 is 4.90 Å². The lowest BCUT2D eigenvalue weighted by molar-refractivity contribution is 0.605. The van der Waals surface area contributed by atoms with Gasteiger partial charge in [0, 0.05) is 12.6 Å². The van der Waals surface area contributed by atoms with E-state index in [1.165, 1.54) is 25.7 Å². The van der Waals surface area contributed by atoms with E-state index in [9.17, 15) is 0 Å². The van der Waals surface area contributed by atoms with E-state index in [1.807, 2.05) is 0 Å². The maximum Gasteiger partial charge on any atom is 0.266 e. The SMILES string of the molecule is CC1CCCCCN1c1nn[nH]n1. The number of tetrazole rings is 1. The Labute approximate surface area is 77.5 Å². The second-order valence-electron chi connectivity index (χ2n) is 3.60. The minimum atomic E-state index is 0.542. The van der Waals surface area contributed by atoms with Gasteiger partial charge >= 0.3 is 0 Å². The number of aromatic nitrogens is 4. The summed E-state index contributed by atoms with van der Waals surface area (Å²) in [4.78, 5) is 2.23. The van der Waals surface area contributed by atoms with Crippen LogP contribution in [0.25, 0.3) is 0 Å². The zero-order valence-electron chi connectivity index (χ0n) is 7.90. The Morgan fingerprint density at radius 3 is 3.08 bits per heavy atom. The standard InChI is InChI=1S/C8H15N5/c1-7-5-3-2-4-6-13(7)8-9-11-12-10-8/h7H,2-6H2,1H3,(H,9,10,11,12). The topological polar surface area (TPSA) is 57.7 Å². The summed E-state index contributed by atoms with van der Waals surface area (Å²) in [7, 11) is 0. The van der Waals surface area contributed by atoms with Gasteiger partial charge in [0.2, 0.25) is 0 Å². The van der Waals surface area contributed by atoms with Crippen molar-refractivity contribution in [2.45, 2.75) is 38.6 Å². The van der Waals surface area contributed by atoms with E-state index in [0.29, 0.717) is 6.04 Å². The lowest BCUT2D eigenvalue weighted by atomic mass is 10.1. The molecule has 0 aromatic carbocycles. The van der Waals surface area contributed by atoms with Gasteiger partial charge in [-0.25, -0.2) is 0 Å². The minimum Gasteiger partial charge on any atom is -0.336 e. The van der Waals surface area contributed by atoms with Crippen LogP contribution in [0, 0.1) is 0 Å². The Morgan fingerprint density at radius 1 is 1.38 bits per heavy atom. The largest absolute Gasteiger partial charge is 0.336 e. The molecule has 1 fully saturated rings. The van der Waals surface area contributed by atoms with Crippen molar-refractivity contribution in [3.63, 3.8) is 0 Å². The van der Waals surface area contributed by atoms with Crippen molar-refractivity contribution in [3.8, 4) is 0 Å². The molecule has 72 valence electrons. The summed E-state index contributed by atoms with van der Waals surface area (Å²) in [6.45, 7) is 3.28. The quantitative estimate of drug-likeness (QED) is 0.701. The van der Waals surface area contributed by atoms with Crippen LogP contribution in [0.1, 0.15) is 32.6 Å². The molecule has 1 aromatic heterocycles. The number of hydrogen-bond donors (Lipinski definition) is 1. The first kappa shape index (κ1) is 8.47. The maximum atomic E-state index is 4.01. The number of anilines is 1. The summed E-state index contributed by atoms with van der Waals surface area (Å²) in [5, 5.41) is 14.1. The van der Waals surface area contributed by atoms with Crippen molar-refractivity contribution in [2.24, 2.45) is 0 Å². The summed E-state index contributed by atoms with van der Waals surface area (Å²) >= 11 is 0. The molecule has 1 aliphatic rings. The van der Waals surface area contributed by atoms with E-state index in [4.69, 9.17) is 0 Å². The van der Waals surface area contributed by atoms with Gasteiger partial charge in [0.05, 0.1) is 0 Å². The van der Waals surface area contributed by atoms with Crippen molar-refractivity contribution in [3.05, 3.63) is 0 Å². The van der Waals surface area contributed by atoms with Gasteiger partial charge in [-0.15, -0.1) is 5.10 Å². The molecule has 1 N–H and O–H groups in total. The monoisotopic (exact) mass is 181 g/mol. The van der Waals surface area contributed by atoms with Crippen molar-refractivity contribution in [1.82, 2.24) is 20.6 Å². The van der Waals surface area contributed by atoms with Crippen LogP contribution in [0.2, 0.25) is 0 Å². The van der Waals surface area contributed by atoms with Gasteiger partial charge in [-0.05, 0) is 25.0 Å². The first-order valence-corrected chi connectivity index (χ1v) is 4.88. The van der Waals surface area contributed by atoms with Gasteiger partial charge in [0.25, 0.3) is 5.95 Å². The van der Waals surface area contributed by atoms with Gasteiger partial charge in [-0.2, -0.15) is 5.21 Å². The fourth-order valence-corrected chi connectivity index (χ4v) is 1.85. The Morgan fingerprint density at radius 2 is 2.31 bits per heavy atom. The van der Waals surface area contributed by atoms with Gasteiger partial charge < -0.3 is 4.90 Å². The lowest BCUT2D eigenvalue weighted by Gasteiger charge is -2.24. The summed E-state index contributed by atoms with van der Waals surface area (Å²) in [6, 6.07) is 0.542. The Kier molecular flexibility index (Phi) is 2.42. The van der Waals surface area contributed by atoms with E-state index in [-0.39, 0.29) is 0 Å². The second-order valence-corrected chi connectivity index (χ2v) is 3.60. The molecule has 5 heteroatoms. The van der Waals surface area contributed by atoms with E-state index in [1.54, 1.807) is 0 Å².